The predicted molar refractivity (Wildman–Crippen MR) is 130 cm³/mol. The number of ketones is 3. The number of Topliss-reactive ketones (excluding diaryl/α,β-unsaturated/α-hetero) is 3. The predicted octanol–water partition coefficient (Wildman–Crippen LogP) is 4.45. The number of halogens is 1. The van der Waals surface area contributed by atoms with Crippen LogP contribution >= 0.6 is 0 Å². The van der Waals surface area contributed by atoms with Crippen LogP contribution in [0.15, 0.2) is 23.0 Å². The number of carbonyl (C=O) groups excluding carboxylic acids is 3. The van der Waals surface area contributed by atoms with E-state index in [1.165, 1.54) is 6.07 Å². The van der Waals surface area contributed by atoms with Crippen LogP contribution in [0.2, 0.25) is 0 Å². The second-order valence-electron chi connectivity index (χ2n) is 11.8. The molecule has 0 saturated heterocycles. The number of aliphatic hydroxyl groups is 3. The maximum atomic E-state index is 14.7. The minimum Gasteiger partial charge on any atom is -0.508 e. The van der Waals surface area contributed by atoms with Crippen LogP contribution in [0.4, 0.5) is 4.39 Å². The Morgan fingerprint density at radius 1 is 1.11 bits per heavy atom. The van der Waals surface area contributed by atoms with Gasteiger partial charge in [0, 0.05) is 22.3 Å². The molecule has 194 valence electrons. The number of hydrogen-bond donors (Lipinski definition) is 4. The number of aromatic hydroxyl groups is 1. The van der Waals surface area contributed by atoms with Gasteiger partial charge in [-0.25, -0.2) is 4.39 Å². The highest BCUT2D eigenvalue weighted by molar-refractivity contribution is 6.24. The van der Waals surface area contributed by atoms with Gasteiger partial charge in [0.05, 0.1) is 5.56 Å². The lowest BCUT2D eigenvalue weighted by Crippen LogP contribution is -2.69. The third-order valence-corrected chi connectivity index (χ3v) is 8.61. The van der Waals surface area contributed by atoms with Gasteiger partial charge in [0.25, 0.3) is 0 Å². The van der Waals surface area contributed by atoms with E-state index in [2.05, 4.69) is 0 Å². The van der Waals surface area contributed by atoms with E-state index in [4.69, 9.17) is 0 Å². The van der Waals surface area contributed by atoms with Crippen LogP contribution in [-0.2, 0) is 20.8 Å². The topological polar surface area (TPSA) is 132 Å². The fraction of sp³-hybridized carbons (Fsp3) is 0.536. The molecule has 3 aliphatic carbocycles. The van der Waals surface area contributed by atoms with E-state index in [-0.39, 0.29) is 29.9 Å². The number of fused-ring (bicyclic) bond motifs is 3. The van der Waals surface area contributed by atoms with E-state index < -0.39 is 74.3 Å². The van der Waals surface area contributed by atoms with Gasteiger partial charge in [-0.15, -0.1) is 0 Å². The maximum Gasteiger partial charge on any atom is 0.203 e. The molecule has 1 unspecified atom stereocenters. The normalized spacial score (nSPS) is 32.1. The Bertz CT molecular complexity index is 1300. The van der Waals surface area contributed by atoms with E-state index in [0.717, 1.165) is 6.92 Å². The summed E-state index contributed by atoms with van der Waals surface area (Å²) in [5.74, 6) is -7.47. The highest BCUT2D eigenvalue weighted by Crippen LogP contribution is 2.65. The number of benzene rings is 1. The van der Waals surface area contributed by atoms with Crippen LogP contribution in [0.5, 0.6) is 5.75 Å². The largest absolute Gasteiger partial charge is 0.508 e. The zero-order chi connectivity index (χ0) is 27.3. The monoisotopic (exact) mass is 500 g/mol. The van der Waals surface area contributed by atoms with Crippen molar-refractivity contribution in [3.63, 3.8) is 0 Å². The quantitative estimate of drug-likeness (QED) is 0.451. The van der Waals surface area contributed by atoms with E-state index in [1.807, 2.05) is 13.8 Å². The molecule has 0 aromatic heterocycles. The first kappa shape index (κ1) is 26.1. The minimum atomic E-state index is -2.68. The molecule has 4 atom stereocenters. The van der Waals surface area contributed by atoms with Crippen molar-refractivity contribution in [2.45, 2.75) is 72.8 Å². The summed E-state index contributed by atoms with van der Waals surface area (Å²) in [7, 11) is 0. The molecule has 0 bridgehead atoms. The number of allylic oxidation sites excluding steroid dienone is 1. The van der Waals surface area contributed by atoms with E-state index in [9.17, 15) is 39.2 Å². The van der Waals surface area contributed by atoms with Crippen molar-refractivity contribution < 1.29 is 39.2 Å². The number of aliphatic hydroxyl groups excluding tert-OH is 2. The average molecular weight is 501 g/mol. The number of phenolic OH excluding ortho intramolecular Hbond substituents is 1. The van der Waals surface area contributed by atoms with Gasteiger partial charge in [-0.05, 0) is 48.8 Å². The Morgan fingerprint density at radius 2 is 1.69 bits per heavy atom. The Balaban J connectivity index is 2.12. The van der Waals surface area contributed by atoms with Gasteiger partial charge in [-0.2, -0.15) is 0 Å². The van der Waals surface area contributed by atoms with Crippen LogP contribution in [0.1, 0.15) is 77.5 Å². The van der Waals surface area contributed by atoms with Gasteiger partial charge in [-0.3, -0.25) is 14.4 Å². The van der Waals surface area contributed by atoms with Crippen molar-refractivity contribution in [1.29, 1.82) is 0 Å². The van der Waals surface area contributed by atoms with Crippen molar-refractivity contribution in [1.82, 2.24) is 0 Å². The van der Waals surface area contributed by atoms with Gasteiger partial charge in [0.1, 0.15) is 17.1 Å². The molecule has 8 heteroatoms. The third-order valence-electron chi connectivity index (χ3n) is 8.61. The molecule has 4 N–H and O–H groups in total. The summed E-state index contributed by atoms with van der Waals surface area (Å²) in [6.07, 6.45) is 0.129. The molecule has 0 aliphatic heterocycles. The van der Waals surface area contributed by atoms with Crippen molar-refractivity contribution in [3.8, 4) is 5.75 Å². The van der Waals surface area contributed by atoms with Crippen LogP contribution in [-0.4, -0.2) is 43.4 Å². The summed E-state index contributed by atoms with van der Waals surface area (Å²) in [4.78, 5) is 40.0. The van der Waals surface area contributed by atoms with E-state index in [0.29, 0.717) is 11.1 Å². The van der Waals surface area contributed by atoms with Crippen LogP contribution < -0.4 is 0 Å². The molecule has 0 heterocycles. The fourth-order valence-electron chi connectivity index (χ4n) is 7.29. The summed E-state index contributed by atoms with van der Waals surface area (Å²) in [5.41, 5.74) is -5.38. The molecule has 1 aromatic rings. The number of phenols is 1. The lowest BCUT2D eigenvalue weighted by Gasteiger charge is -2.59. The molecule has 1 saturated carbocycles. The number of rotatable bonds is 3. The molecule has 1 aromatic carbocycles. The average Bonchev–Trinajstić information content (AvgIpc) is 2.72. The number of hydrogen-bond acceptors (Lipinski definition) is 7. The molecular formula is C28H33FO7. The third kappa shape index (κ3) is 2.97. The van der Waals surface area contributed by atoms with Crippen molar-refractivity contribution in [2.75, 3.05) is 0 Å². The Hall–Kier alpha value is -3.00. The molecule has 0 radical (unpaired) electrons. The molecule has 1 fully saturated rings. The number of carbonyl (C=O) groups is 3. The van der Waals surface area contributed by atoms with Gasteiger partial charge < -0.3 is 20.4 Å². The zero-order valence-electron chi connectivity index (χ0n) is 21.6. The molecular weight excluding hydrogens is 467 g/mol. The lowest BCUT2D eigenvalue weighted by molar-refractivity contribution is -0.178. The highest BCUT2D eigenvalue weighted by Gasteiger charge is 2.72. The minimum absolute atomic E-state index is 0.000574. The van der Waals surface area contributed by atoms with Crippen LogP contribution in [0.3, 0.4) is 0 Å². The summed E-state index contributed by atoms with van der Waals surface area (Å²) in [5, 5.41) is 45.0. The van der Waals surface area contributed by atoms with Crippen LogP contribution in [0.25, 0.3) is 5.76 Å². The molecule has 7 nitrogen and oxygen atoms in total. The molecule has 0 spiro atoms. The summed E-state index contributed by atoms with van der Waals surface area (Å²) >= 11 is 0. The highest BCUT2D eigenvalue weighted by atomic mass is 19.1. The Labute approximate surface area is 209 Å². The molecule has 3 aliphatic rings. The van der Waals surface area contributed by atoms with Gasteiger partial charge in [-0.1, -0.05) is 41.5 Å². The molecule has 36 heavy (non-hydrogen) atoms. The first-order valence-electron chi connectivity index (χ1n) is 12.2. The summed E-state index contributed by atoms with van der Waals surface area (Å²) in [6, 6.07) is 1.22. The first-order valence-corrected chi connectivity index (χ1v) is 12.2. The smallest absolute Gasteiger partial charge is 0.203 e. The van der Waals surface area contributed by atoms with E-state index in [1.54, 1.807) is 27.7 Å². The maximum absolute atomic E-state index is 14.7. The lowest BCUT2D eigenvalue weighted by atomic mass is 9.43. The SMILES string of the molecule is CC(=O)C1=C(O)[C@]2(O)C(=O)C3=C(O)c4c(O)c(F)cc(C(C)C)c4C[C@]3(C)C[C@]2(C)C(C(C)C)C1=O. The van der Waals surface area contributed by atoms with Crippen molar-refractivity contribution in [3.05, 3.63) is 45.5 Å². The van der Waals surface area contributed by atoms with Gasteiger partial charge in [0.15, 0.2) is 28.7 Å². The summed E-state index contributed by atoms with van der Waals surface area (Å²) in [6.45, 7) is 11.5. The van der Waals surface area contributed by atoms with Crippen LogP contribution in [0, 0.1) is 28.5 Å². The zero-order valence-corrected chi connectivity index (χ0v) is 21.6. The van der Waals surface area contributed by atoms with Gasteiger partial charge in [0.2, 0.25) is 5.78 Å². The standard InChI is InChI=1S/C28H33FO7/c1-11(2)14-8-16(29)21(31)18-15(14)9-26(6)10-27(7)19(12(3)4)22(32)17(13(5)30)24(34)28(27,36)25(35)20(26)23(18)33/h8,11-12,19,31,33-34,36H,9-10H2,1-7H3/t19?,26-,27-,28+/m1/s1. The van der Waals surface area contributed by atoms with E-state index >= 15 is 0 Å². The summed E-state index contributed by atoms with van der Waals surface area (Å²) < 4.78 is 14.7. The molecule has 0 amide bonds. The second-order valence-corrected chi connectivity index (χ2v) is 11.8. The second kappa shape index (κ2) is 7.75. The Kier molecular flexibility index (Phi) is 5.61. The van der Waals surface area contributed by atoms with Crippen molar-refractivity contribution >= 4 is 23.1 Å². The van der Waals surface area contributed by atoms with Crippen molar-refractivity contribution in [2.24, 2.45) is 22.7 Å². The fourth-order valence-corrected chi connectivity index (χ4v) is 7.29. The molecule has 4 rings (SSSR count). The Morgan fingerprint density at radius 3 is 2.19 bits per heavy atom. The first-order chi connectivity index (χ1) is 16.5. The van der Waals surface area contributed by atoms with Gasteiger partial charge >= 0.3 is 0 Å².